The first-order chi connectivity index (χ1) is 1.73. The number of hydrogen-bond donors (Lipinski definition) is 7. The van der Waals surface area contributed by atoms with Gasteiger partial charge >= 0.3 is 0 Å². The molecule has 0 amide bonds. The Bertz CT molecular complexity index is 41.6. The van der Waals surface area contributed by atoms with Gasteiger partial charge in [-0.2, -0.15) is 0 Å². The average Bonchev–Trinajstić information content (AvgIpc) is 0.811. The van der Waals surface area contributed by atoms with Gasteiger partial charge in [-0.15, -0.1) is 0 Å². The SMILES string of the molecule is CC(=O)O.N.N.N.N.N.N.[Co]. The van der Waals surface area contributed by atoms with E-state index in [9.17, 15) is 0 Å². The molecule has 9 heteroatoms. The third-order valence-corrected chi connectivity index (χ3v) is 0. The zero-order valence-corrected chi connectivity index (χ0v) is 7.97. The largest absolute Gasteiger partial charge is 0.481 e. The van der Waals surface area contributed by atoms with Crippen LogP contribution in [-0.2, 0) is 21.6 Å². The van der Waals surface area contributed by atoms with Crippen LogP contribution in [0.25, 0.3) is 0 Å². The fraction of sp³-hybridized carbons (Fsp3) is 0.500. The van der Waals surface area contributed by atoms with E-state index in [0.717, 1.165) is 6.92 Å². The number of aliphatic carboxylic acids is 1. The van der Waals surface area contributed by atoms with Crippen LogP contribution in [0.5, 0.6) is 0 Å². The topological polar surface area (TPSA) is 247 Å². The van der Waals surface area contributed by atoms with Crippen LogP contribution in [-0.4, -0.2) is 11.1 Å². The van der Waals surface area contributed by atoms with E-state index in [-0.39, 0.29) is 53.7 Å². The summed E-state index contributed by atoms with van der Waals surface area (Å²) in [4.78, 5) is 9.00. The summed E-state index contributed by atoms with van der Waals surface area (Å²) in [5, 5.41) is 7.42. The van der Waals surface area contributed by atoms with E-state index in [1.54, 1.807) is 0 Å². The van der Waals surface area contributed by atoms with Gasteiger partial charge in [0, 0.05) is 23.7 Å². The number of rotatable bonds is 0. The van der Waals surface area contributed by atoms with Crippen molar-refractivity contribution in [2.45, 2.75) is 6.92 Å². The minimum Gasteiger partial charge on any atom is -0.481 e. The summed E-state index contributed by atoms with van der Waals surface area (Å²) in [5.74, 6) is -0.833. The van der Waals surface area contributed by atoms with Crippen molar-refractivity contribution in [2.24, 2.45) is 0 Å². The predicted molar refractivity (Wildman–Crippen MR) is 43.4 cm³/mol. The van der Waals surface area contributed by atoms with Crippen molar-refractivity contribution in [1.82, 2.24) is 36.9 Å². The summed E-state index contributed by atoms with van der Waals surface area (Å²) in [7, 11) is 0. The molecule has 81 valence electrons. The van der Waals surface area contributed by atoms with Gasteiger partial charge in [-0.1, -0.05) is 0 Å². The van der Waals surface area contributed by atoms with Crippen molar-refractivity contribution >= 4 is 5.97 Å². The minimum absolute atomic E-state index is 0. The van der Waals surface area contributed by atoms with Gasteiger partial charge in [-0.25, -0.2) is 0 Å². The first-order valence-electron chi connectivity index (χ1n) is 0.928. The Morgan fingerprint density at radius 2 is 0.909 bits per heavy atom. The molecule has 0 aliphatic carbocycles. The molecule has 0 aromatic rings. The molecule has 0 aromatic carbocycles. The third kappa shape index (κ3) is 8390. The molecule has 0 bridgehead atoms. The molecule has 0 aromatic heterocycles. The standard InChI is InChI=1S/C2H4O2.Co.6H3N/c1-2(3)4;;;;;;;/h1H3,(H,3,4);;6*1H3. The van der Waals surface area contributed by atoms with Crippen LogP contribution < -0.4 is 36.9 Å². The molecule has 0 aliphatic heterocycles. The number of hydrogen-bond acceptors (Lipinski definition) is 7. The van der Waals surface area contributed by atoms with Gasteiger partial charge in [0.25, 0.3) is 5.97 Å². The minimum atomic E-state index is -0.833. The Labute approximate surface area is 77.2 Å². The number of carboxylic acids is 1. The molecule has 0 fully saturated rings. The van der Waals surface area contributed by atoms with Gasteiger partial charge < -0.3 is 42.0 Å². The van der Waals surface area contributed by atoms with Gasteiger partial charge in [-0.3, -0.25) is 4.79 Å². The summed E-state index contributed by atoms with van der Waals surface area (Å²) in [6.45, 7) is 1.08. The second-order valence-corrected chi connectivity index (χ2v) is 0.519. The summed E-state index contributed by atoms with van der Waals surface area (Å²) in [6.07, 6.45) is 0. The molecular formula is C2H22CoN6O2. The molecule has 8 nitrogen and oxygen atoms in total. The van der Waals surface area contributed by atoms with Crippen molar-refractivity contribution in [3.05, 3.63) is 0 Å². The van der Waals surface area contributed by atoms with E-state index in [0.29, 0.717) is 0 Å². The summed E-state index contributed by atoms with van der Waals surface area (Å²) in [6, 6.07) is 0. The predicted octanol–water partition coefficient (Wildman–Crippen LogP) is 1.06. The summed E-state index contributed by atoms with van der Waals surface area (Å²) in [5.41, 5.74) is 0. The Morgan fingerprint density at radius 3 is 0.909 bits per heavy atom. The maximum Gasteiger partial charge on any atom is 0.300 e. The molecule has 0 saturated heterocycles. The van der Waals surface area contributed by atoms with Gasteiger partial charge in [0.2, 0.25) is 0 Å². The van der Waals surface area contributed by atoms with Gasteiger partial charge in [0.05, 0.1) is 0 Å². The van der Waals surface area contributed by atoms with Crippen molar-refractivity contribution in [2.75, 3.05) is 0 Å². The van der Waals surface area contributed by atoms with Gasteiger partial charge in [0.15, 0.2) is 0 Å². The van der Waals surface area contributed by atoms with Gasteiger partial charge in [0.1, 0.15) is 0 Å². The third-order valence-electron chi connectivity index (χ3n) is 0. The van der Waals surface area contributed by atoms with Crippen LogP contribution in [0, 0.1) is 0 Å². The maximum atomic E-state index is 9.00. The number of carboxylic acid groups (broad SMARTS) is 1. The first kappa shape index (κ1) is 136. The van der Waals surface area contributed by atoms with Gasteiger partial charge in [-0.05, 0) is 0 Å². The maximum absolute atomic E-state index is 9.00. The fourth-order valence-corrected chi connectivity index (χ4v) is 0. The van der Waals surface area contributed by atoms with Crippen LogP contribution >= 0.6 is 0 Å². The Morgan fingerprint density at radius 1 is 0.909 bits per heavy atom. The van der Waals surface area contributed by atoms with Crippen LogP contribution in [0.4, 0.5) is 0 Å². The zero-order chi connectivity index (χ0) is 3.58. The van der Waals surface area contributed by atoms with Crippen LogP contribution in [0.1, 0.15) is 6.92 Å². The number of carbonyl (C=O) groups is 1. The van der Waals surface area contributed by atoms with Crippen LogP contribution in [0.3, 0.4) is 0 Å². The molecule has 1 radical (unpaired) electrons. The smallest absolute Gasteiger partial charge is 0.300 e. The molecule has 0 aliphatic rings. The molecule has 0 spiro atoms. The van der Waals surface area contributed by atoms with Crippen LogP contribution in [0.15, 0.2) is 0 Å². The van der Waals surface area contributed by atoms with Crippen LogP contribution in [0.2, 0.25) is 0 Å². The molecule has 19 N–H and O–H groups in total. The molecule has 0 atom stereocenters. The van der Waals surface area contributed by atoms with Crippen molar-refractivity contribution in [3.8, 4) is 0 Å². The Kier molecular flexibility index (Phi) is 1230. The van der Waals surface area contributed by atoms with E-state index in [1.165, 1.54) is 0 Å². The molecule has 0 saturated carbocycles. The second kappa shape index (κ2) is 99.2. The summed E-state index contributed by atoms with van der Waals surface area (Å²) >= 11 is 0. The molecular weight excluding hydrogens is 199 g/mol. The van der Waals surface area contributed by atoms with Crippen molar-refractivity contribution in [1.29, 1.82) is 0 Å². The normalized spacial score (nSPS) is 2.27. The molecule has 0 heterocycles. The van der Waals surface area contributed by atoms with Crippen molar-refractivity contribution < 1.29 is 26.7 Å². The van der Waals surface area contributed by atoms with E-state index in [1.807, 2.05) is 0 Å². The van der Waals surface area contributed by atoms with E-state index in [4.69, 9.17) is 9.90 Å². The first-order valence-corrected chi connectivity index (χ1v) is 0.928. The fourth-order valence-electron chi connectivity index (χ4n) is 0. The Hall–Kier alpha value is -0.264. The van der Waals surface area contributed by atoms with E-state index < -0.39 is 5.97 Å². The molecule has 0 rings (SSSR count). The molecule has 11 heavy (non-hydrogen) atoms. The quantitative estimate of drug-likeness (QED) is 0.310. The average molecular weight is 221 g/mol. The second-order valence-electron chi connectivity index (χ2n) is 0.519. The zero-order valence-electron chi connectivity index (χ0n) is 6.93. The monoisotopic (exact) mass is 221 g/mol. The van der Waals surface area contributed by atoms with Crippen molar-refractivity contribution in [3.63, 3.8) is 0 Å². The molecule has 0 unspecified atom stereocenters. The van der Waals surface area contributed by atoms with E-state index >= 15 is 0 Å². The summed E-state index contributed by atoms with van der Waals surface area (Å²) < 4.78 is 0. The van der Waals surface area contributed by atoms with E-state index in [2.05, 4.69) is 0 Å². The Balaban J connectivity index is -0.00000000214.